The molecule has 68 valence electrons. The average molecular weight is 284 g/mol. The number of allylic oxidation sites excluding steroid dienone is 2. The van der Waals surface area contributed by atoms with Gasteiger partial charge in [-0.05, 0) is 22.5 Å². The number of aryl methyl sites for hydroxylation is 1. The molecule has 0 amide bonds. The molecule has 13 heavy (non-hydrogen) atoms. The van der Waals surface area contributed by atoms with Crippen LogP contribution in [0.15, 0.2) is 52.6 Å². The van der Waals surface area contributed by atoms with Gasteiger partial charge in [-0.15, -0.1) is 0 Å². The molecule has 0 spiro atoms. The Labute approximate surface area is 93.5 Å². The highest BCUT2D eigenvalue weighted by Gasteiger charge is 1.92. The van der Waals surface area contributed by atoms with Gasteiger partial charge in [0.2, 0.25) is 0 Å². The van der Waals surface area contributed by atoms with Gasteiger partial charge in [0.1, 0.15) is 0 Å². The van der Waals surface area contributed by atoms with E-state index in [1.54, 1.807) is 0 Å². The van der Waals surface area contributed by atoms with Gasteiger partial charge in [0.05, 0.1) is 0 Å². The molecule has 0 aliphatic heterocycles. The monoisotopic (exact) mass is 284 g/mol. The highest BCUT2D eigenvalue weighted by molar-refractivity contribution is 14.1. The summed E-state index contributed by atoms with van der Waals surface area (Å²) in [6, 6.07) is 10.5. The third-order valence-corrected chi connectivity index (χ3v) is 2.24. The standard InChI is InChI=1S/C12H13I/c1-11(9-10-13)7-8-12-5-3-2-4-6-12/h2-6,9-10H,1,7-8H2/b10-9+. The van der Waals surface area contributed by atoms with Crippen molar-refractivity contribution in [2.75, 3.05) is 0 Å². The molecule has 0 unspecified atom stereocenters. The summed E-state index contributed by atoms with van der Waals surface area (Å²) < 4.78 is 2.01. The molecule has 0 fully saturated rings. The van der Waals surface area contributed by atoms with Crippen molar-refractivity contribution in [2.45, 2.75) is 12.8 Å². The van der Waals surface area contributed by atoms with Crippen LogP contribution in [0.3, 0.4) is 0 Å². The van der Waals surface area contributed by atoms with Crippen LogP contribution in [0.5, 0.6) is 0 Å². The Hall–Kier alpha value is -0.570. The Bertz CT molecular complexity index is 285. The Morgan fingerprint density at radius 1 is 1.31 bits per heavy atom. The van der Waals surface area contributed by atoms with E-state index in [1.807, 2.05) is 10.1 Å². The maximum absolute atomic E-state index is 3.97. The van der Waals surface area contributed by atoms with Crippen LogP contribution in [-0.4, -0.2) is 0 Å². The first kappa shape index (κ1) is 10.5. The van der Waals surface area contributed by atoms with Gasteiger partial charge in [-0.2, -0.15) is 0 Å². The fraction of sp³-hybridized carbons (Fsp3) is 0.167. The summed E-state index contributed by atoms with van der Waals surface area (Å²) in [5.74, 6) is 0. The summed E-state index contributed by atoms with van der Waals surface area (Å²) in [5, 5.41) is 0. The molecular formula is C12H13I. The van der Waals surface area contributed by atoms with Crippen molar-refractivity contribution in [2.24, 2.45) is 0 Å². The fourth-order valence-electron chi connectivity index (χ4n) is 1.12. The molecule has 1 heteroatoms. The molecule has 1 rings (SSSR count). The van der Waals surface area contributed by atoms with E-state index >= 15 is 0 Å². The van der Waals surface area contributed by atoms with Crippen molar-refractivity contribution in [1.29, 1.82) is 0 Å². The van der Waals surface area contributed by atoms with Crippen molar-refractivity contribution in [3.8, 4) is 0 Å². The zero-order valence-electron chi connectivity index (χ0n) is 7.54. The minimum Gasteiger partial charge on any atom is -0.0958 e. The largest absolute Gasteiger partial charge is 0.0958 e. The molecule has 0 saturated heterocycles. The summed E-state index contributed by atoms with van der Waals surface area (Å²) in [4.78, 5) is 0. The van der Waals surface area contributed by atoms with Gasteiger partial charge in [0.25, 0.3) is 0 Å². The molecular weight excluding hydrogens is 271 g/mol. The predicted octanol–water partition coefficient (Wildman–Crippen LogP) is 4.12. The molecule has 0 N–H and O–H groups in total. The molecule has 0 aromatic heterocycles. The Morgan fingerprint density at radius 3 is 2.62 bits per heavy atom. The van der Waals surface area contributed by atoms with Crippen LogP contribution < -0.4 is 0 Å². The highest BCUT2D eigenvalue weighted by atomic mass is 127. The van der Waals surface area contributed by atoms with Gasteiger partial charge in [-0.1, -0.05) is 71.2 Å². The number of rotatable bonds is 4. The zero-order valence-corrected chi connectivity index (χ0v) is 9.70. The first-order chi connectivity index (χ1) is 6.33. The van der Waals surface area contributed by atoms with Gasteiger partial charge < -0.3 is 0 Å². The van der Waals surface area contributed by atoms with Crippen LogP contribution in [0.25, 0.3) is 0 Å². The lowest BCUT2D eigenvalue weighted by Crippen LogP contribution is -1.85. The SMILES string of the molecule is C=C(/C=C/I)CCc1ccccc1. The lowest BCUT2D eigenvalue weighted by atomic mass is 10.1. The lowest BCUT2D eigenvalue weighted by Gasteiger charge is -2.00. The summed E-state index contributed by atoms with van der Waals surface area (Å²) in [5.41, 5.74) is 2.57. The van der Waals surface area contributed by atoms with E-state index in [4.69, 9.17) is 0 Å². The molecule has 0 atom stereocenters. The number of hydrogen-bond donors (Lipinski definition) is 0. The van der Waals surface area contributed by atoms with E-state index in [-0.39, 0.29) is 0 Å². The second-order valence-electron chi connectivity index (χ2n) is 2.94. The van der Waals surface area contributed by atoms with E-state index in [0.717, 1.165) is 12.8 Å². The van der Waals surface area contributed by atoms with Gasteiger partial charge in [-0.25, -0.2) is 0 Å². The fourth-order valence-corrected chi connectivity index (χ4v) is 1.63. The molecule has 0 saturated carbocycles. The first-order valence-corrected chi connectivity index (χ1v) is 5.56. The van der Waals surface area contributed by atoms with Gasteiger partial charge in [0.15, 0.2) is 0 Å². The van der Waals surface area contributed by atoms with Gasteiger partial charge in [0, 0.05) is 0 Å². The Balaban J connectivity index is 2.40. The number of halogens is 1. The predicted molar refractivity (Wildman–Crippen MR) is 67.1 cm³/mol. The zero-order chi connectivity index (χ0) is 9.52. The summed E-state index contributed by atoms with van der Waals surface area (Å²) in [6.07, 6.45) is 4.19. The summed E-state index contributed by atoms with van der Waals surface area (Å²) in [6.45, 7) is 3.97. The molecule has 0 bridgehead atoms. The minimum atomic E-state index is 1.05. The van der Waals surface area contributed by atoms with Crippen molar-refractivity contribution < 1.29 is 0 Å². The maximum atomic E-state index is 3.97. The molecule has 1 aromatic rings. The average Bonchev–Trinajstić information content (AvgIpc) is 2.17. The number of benzene rings is 1. The smallest absolute Gasteiger partial charge is 0.0231 e. The third-order valence-electron chi connectivity index (χ3n) is 1.88. The van der Waals surface area contributed by atoms with Crippen LogP contribution in [0.1, 0.15) is 12.0 Å². The van der Waals surface area contributed by atoms with Gasteiger partial charge >= 0.3 is 0 Å². The topological polar surface area (TPSA) is 0 Å². The van der Waals surface area contributed by atoms with Gasteiger partial charge in [-0.3, -0.25) is 0 Å². The first-order valence-electron chi connectivity index (χ1n) is 4.31. The maximum Gasteiger partial charge on any atom is -0.0231 e. The lowest BCUT2D eigenvalue weighted by molar-refractivity contribution is 0.970. The molecule has 0 nitrogen and oxygen atoms in total. The van der Waals surface area contributed by atoms with Crippen LogP contribution in [-0.2, 0) is 6.42 Å². The van der Waals surface area contributed by atoms with E-state index in [2.05, 4.69) is 59.5 Å². The molecule has 0 heterocycles. The molecule has 0 aliphatic rings. The normalized spacial score (nSPS) is 10.5. The third kappa shape index (κ3) is 4.27. The molecule has 0 radical (unpaired) electrons. The van der Waals surface area contributed by atoms with E-state index in [9.17, 15) is 0 Å². The quantitative estimate of drug-likeness (QED) is 0.576. The van der Waals surface area contributed by atoms with Crippen LogP contribution >= 0.6 is 22.6 Å². The van der Waals surface area contributed by atoms with E-state index in [0.29, 0.717) is 0 Å². The van der Waals surface area contributed by atoms with Crippen LogP contribution in [0.4, 0.5) is 0 Å². The minimum absolute atomic E-state index is 1.05. The highest BCUT2D eigenvalue weighted by Crippen LogP contribution is 2.09. The van der Waals surface area contributed by atoms with Crippen molar-refractivity contribution in [3.63, 3.8) is 0 Å². The summed E-state index contributed by atoms with van der Waals surface area (Å²) >= 11 is 2.22. The van der Waals surface area contributed by atoms with Crippen LogP contribution in [0.2, 0.25) is 0 Å². The van der Waals surface area contributed by atoms with Crippen molar-refractivity contribution >= 4 is 22.6 Å². The van der Waals surface area contributed by atoms with E-state index in [1.165, 1.54) is 11.1 Å². The second kappa shape index (κ2) is 5.97. The Kier molecular flexibility index (Phi) is 4.83. The molecule has 1 aromatic carbocycles. The van der Waals surface area contributed by atoms with E-state index < -0.39 is 0 Å². The van der Waals surface area contributed by atoms with Crippen molar-refractivity contribution in [1.82, 2.24) is 0 Å². The number of hydrogen-bond acceptors (Lipinski definition) is 0. The van der Waals surface area contributed by atoms with Crippen molar-refractivity contribution in [3.05, 3.63) is 58.2 Å². The molecule has 0 aliphatic carbocycles. The van der Waals surface area contributed by atoms with Crippen LogP contribution in [0, 0.1) is 0 Å². The Morgan fingerprint density at radius 2 is 2.00 bits per heavy atom. The summed E-state index contributed by atoms with van der Waals surface area (Å²) in [7, 11) is 0. The second-order valence-corrected chi connectivity index (χ2v) is 3.66.